The van der Waals surface area contributed by atoms with Gasteiger partial charge in [0.25, 0.3) is 0 Å². The molecule has 0 aromatic rings. The van der Waals surface area contributed by atoms with Gasteiger partial charge in [0.2, 0.25) is 5.91 Å². The van der Waals surface area contributed by atoms with Crippen molar-refractivity contribution in [2.75, 3.05) is 13.2 Å². The fourth-order valence-electron chi connectivity index (χ4n) is 6.51. The summed E-state index contributed by atoms with van der Waals surface area (Å²) in [6.45, 7) is 3.67. The normalized spacial score (nSPS) is 22.5. The average Bonchev–Trinajstić information content (AvgIpc) is 3.10. The summed E-state index contributed by atoms with van der Waals surface area (Å²) in [5, 5.41) is 53.7. The Morgan fingerprint density at radius 1 is 0.673 bits per heavy atom. The monoisotopic (exact) mass is 700 g/mol. The molecule has 0 spiro atoms. The van der Waals surface area contributed by atoms with E-state index in [1.807, 2.05) is 6.08 Å². The molecule has 0 aliphatic carbocycles. The summed E-state index contributed by atoms with van der Waals surface area (Å²) in [4.78, 5) is 12.7. The fourth-order valence-corrected chi connectivity index (χ4v) is 6.51. The van der Waals surface area contributed by atoms with Gasteiger partial charge < -0.3 is 40.3 Å². The highest BCUT2D eigenvalue weighted by molar-refractivity contribution is 5.76. The summed E-state index contributed by atoms with van der Waals surface area (Å²) in [5.41, 5.74) is 0. The number of carbonyl (C=O) groups is 1. The molecule has 9 heteroatoms. The topological polar surface area (TPSA) is 149 Å². The molecule has 9 nitrogen and oxygen atoms in total. The number of allylic oxidation sites excluding steroid dienone is 1. The zero-order valence-electron chi connectivity index (χ0n) is 31.5. The van der Waals surface area contributed by atoms with Gasteiger partial charge in [0, 0.05) is 6.42 Å². The third kappa shape index (κ3) is 23.2. The first-order valence-corrected chi connectivity index (χ1v) is 20.4. The number of rotatable bonds is 33. The molecule has 0 radical (unpaired) electrons. The van der Waals surface area contributed by atoms with E-state index in [1.165, 1.54) is 109 Å². The van der Waals surface area contributed by atoms with E-state index in [2.05, 4.69) is 19.2 Å². The minimum absolute atomic E-state index is 0.185. The maximum atomic E-state index is 12.7. The lowest BCUT2D eigenvalue weighted by Gasteiger charge is -2.40. The van der Waals surface area contributed by atoms with Crippen molar-refractivity contribution >= 4 is 5.91 Å². The van der Waals surface area contributed by atoms with Crippen LogP contribution in [-0.2, 0) is 14.3 Å². The third-order valence-corrected chi connectivity index (χ3v) is 9.86. The highest BCUT2D eigenvalue weighted by atomic mass is 16.7. The fraction of sp³-hybridized carbons (Fsp3) is 0.925. The van der Waals surface area contributed by atoms with Crippen LogP contribution in [0, 0.1) is 0 Å². The Labute approximate surface area is 299 Å². The predicted molar refractivity (Wildman–Crippen MR) is 198 cm³/mol. The van der Waals surface area contributed by atoms with Gasteiger partial charge >= 0.3 is 0 Å². The molecule has 1 saturated heterocycles. The molecule has 1 aliphatic rings. The van der Waals surface area contributed by atoms with Crippen molar-refractivity contribution in [2.24, 2.45) is 0 Å². The summed E-state index contributed by atoms with van der Waals surface area (Å²) in [6, 6.07) is -0.795. The SMILES string of the molecule is CCCCCCCCCCCCCCCCCCCCC/C=C/C(O)C(COC1OC(CO)C(O)C(O)C1O)NC(=O)CCCCCCC. The first-order valence-electron chi connectivity index (χ1n) is 20.4. The molecule has 7 atom stereocenters. The lowest BCUT2D eigenvalue weighted by Crippen LogP contribution is -2.60. The molecule has 1 aliphatic heterocycles. The first-order chi connectivity index (χ1) is 23.8. The molecular weight excluding hydrogens is 622 g/mol. The van der Waals surface area contributed by atoms with Crippen LogP contribution in [0.5, 0.6) is 0 Å². The predicted octanol–water partition coefficient (Wildman–Crippen LogP) is 7.39. The molecular formula is C40H77NO8. The van der Waals surface area contributed by atoms with E-state index < -0.39 is 49.5 Å². The van der Waals surface area contributed by atoms with Crippen molar-refractivity contribution in [3.63, 3.8) is 0 Å². The molecule has 1 rings (SSSR count). The van der Waals surface area contributed by atoms with Gasteiger partial charge in [-0.05, 0) is 19.3 Å². The molecule has 7 unspecified atom stereocenters. The number of carbonyl (C=O) groups excluding carboxylic acids is 1. The van der Waals surface area contributed by atoms with Crippen LogP contribution in [0.1, 0.15) is 181 Å². The third-order valence-electron chi connectivity index (χ3n) is 9.86. The van der Waals surface area contributed by atoms with E-state index in [-0.39, 0.29) is 12.5 Å². The van der Waals surface area contributed by atoms with E-state index in [1.54, 1.807) is 6.08 Å². The van der Waals surface area contributed by atoms with Crippen LogP contribution in [0.4, 0.5) is 0 Å². The Balaban J connectivity index is 2.26. The average molecular weight is 700 g/mol. The van der Waals surface area contributed by atoms with Crippen LogP contribution in [0.3, 0.4) is 0 Å². The number of nitrogens with one attached hydrogen (secondary N) is 1. The lowest BCUT2D eigenvalue weighted by molar-refractivity contribution is -0.302. The van der Waals surface area contributed by atoms with Gasteiger partial charge in [0.1, 0.15) is 24.4 Å². The van der Waals surface area contributed by atoms with Crippen LogP contribution in [0.15, 0.2) is 12.2 Å². The van der Waals surface area contributed by atoms with E-state index >= 15 is 0 Å². The maximum Gasteiger partial charge on any atom is 0.220 e. The Kier molecular flexibility index (Phi) is 29.7. The lowest BCUT2D eigenvalue weighted by atomic mass is 9.99. The number of ether oxygens (including phenoxy) is 2. The number of amides is 1. The highest BCUT2D eigenvalue weighted by Crippen LogP contribution is 2.22. The van der Waals surface area contributed by atoms with Crippen molar-refractivity contribution in [1.82, 2.24) is 5.32 Å². The minimum atomic E-state index is -1.56. The Hall–Kier alpha value is -1.07. The summed E-state index contributed by atoms with van der Waals surface area (Å²) >= 11 is 0. The van der Waals surface area contributed by atoms with Crippen molar-refractivity contribution in [2.45, 2.75) is 224 Å². The smallest absolute Gasteiger partial charge is 0.220 e. The first kappa shape index (κ1) is 46.0. The van der Waals surface area contributed by atoms with Crippen molar-refractivity contribution in [1.29, 1.82) is 0 Å². The standard InChI is InChI=1S/C40H77NO8/c1-3-5-7-9-10-11-12-13-14-15-16-17-18-19-20-21-22-23-24-26-27-29-34(43)33(41-36(44)30-28-25-8-6-4-2)32-48-40-39(47)38(46)37(45)35(31-42)49-40/h27,29,33-35,37-40,42-43,45-47H,3-26,28,30-32H2,1-2H3,(H,41,44)/b29-27+. The highest BCUT2D eigenvalue weighted by Gasteiger charge is 2.44. The Bertz CT molecular complexity index is 781. The van der Waals surface area contributed by atoms with Crippen LogP contribution in [0.25, 0.3) is 0 Å². The second-order valence-electron chi connectivity index (χ2n) is 14.4. The van der Waals surface area contributed by atoms with Gasteiger partial charge in [-0.3, -0.25) is 4.79 Å². The molecule has 0 aromatic carbocycles. The number of aliphatic hydroxyl groups excluding tert-OH is 5. The molecule has 290 valence electrons. The summed E-state index contributed by atoms with van der Waals surface area (Å²) < 4.78 is 11.1. The molecule has 0 bridgehead atoms. The van der Waals surface area contributed by atoms with Gasteiger partial charge in [-0.1, -0.05) is 167 Å². The maximum absolute atomic E-state index is 12.7. The number of unbranched alkanes of at least 4 members (excludes halogenated alkanes) is 23. The summed E-state index contributed by atoms with van der Waals surface area (Å²) in [5.74, 6) is -0.190. The van der Waals surface area contributed by atoms with Gasteiger partial charge in [-0.2, -0.15) is 0 Å². The van der Waals surface area contributed by atoms with Crippen LogP contribution < -0.4 is 5.32 Å². The molecule has 49 heavy (non-hydrogen) atoms. The van der Waals surface area contributed by atoms with Crippen LogP contribution in [0.2, 0.25) is 0 Å². The van der Waals surface area contributed by atoms with Gasteiger partial charge in [-0.15, -0.1) is 0 Å². The number of aliphatic hydroxyl groups is 5. The number of hydrogen-bond donors (Lipinski definition) is 6. The molecule has 1 amide bonds. The van der Waals surface area contributed by atoms with Crippen LogP contribution >= 0.6 is 0 Å². The molecule has 0 saturated carbocycles. The zero-order chi connectivity index (χ0) is 36.0. The second-order valence-corrected chi connectivity index (χ2v) is 14.4. The Morgan fingerprint density at radius 2 is 1.12 bits per heavy atom. The quantitative estimate of drug-likeness (QED) is 0.0307. The largest absolute Gasteiger partial charge is 0.394 e. The van der Waals surface area contributed by atoms with Gasteiger partial charge in [0.05, 0.1) is 25.4 Å². The van der Waals surface area contributed by atoms with E-state index in [9.17, 15) is 30.3 Å². The molecule has 1 fully saturated rings. The molecule has 0 aromatic heterocycles. The van der Waals surface area contributed by atoms with E-state index in [0.717, 1.165) is 51.4 Å². The van der Waals surface area contributed by atoms with Crippen molar-refractivity contribution in [3.8, 4) is 0 Å². The number of hydrogen-bond acceptors (Lipinski definition) is 8. The van der Waals surface area contributed by atoms with E-state index in [0.29, 0.717) is 6.42 Å². The minimum Gasteiger partial charge on any atom is -0.394 e. The van der Waals surface area contributed by atoms with Crippen LogP contribution in [-0.4, -0.2) is 87.5 Å². The van der Waals surface area contributed by atoms with Crippen molar-refractivity contribution < 1.29 is 39.8 Å². The second kappa shape index (κ2) is 31.6. The molecule has 1 heterocycles. The molecule has 6 N–H and O–H groups in total. The van der Waals surface area contributed by atoms with Gasteiger partial charge in [0.15, 0.2) is 6.29 Å². The van der Waals surface area contributed by atoms with Gasteiger partial charge in [-0.25, -0.2) is 0 Å². The van der Waals surface area contributed by atoms with E-state index in [4.69, 9.17) is 9.47 Å². The van der Waals surface area contributed by atoms with Crippen molar-refractivity contribution in [3.05, 3.63) is 12.2 Å². The zero-order valence-corrected chi connectivity index (χ0v) is 31.5. The summed E-state index contributed by atoms with van der Waals surface area (Å²) in [6.07, 6.45) is 27.3. The Morgan fingerprint density at radius 3 is 1.59 bits per heavy atom. The summed E-state index contributed by atoms with van der Waals surface area (Å²) in [7, 11) is 0.